The Bertz CT molecular complexity index is 2060. The van der Waals surface area contributed by atoms with Crippen molar-refractivity contribution in [2.75, 3.05) is 47.5 Å². The number of hydrogen-bond acceptors (Lipinski definition) is 8. The highest BCUT2D eigenvalue weighted by atomic mass is 31.2. The normalized spacial score (nSPS) is 13.5. The SMILES string of the molecule is CC/C=C\C/C=C\C/C=C\C/C=C\C/C=C\C/C=C\C/C=C\C/C=C\C/C=C\CCCCCCCCCCCC(=O)OC(COC(=O)CCCCCCCCCCCCCCCCCCCCCCCCCCCCCCCCCCCCCCCCC)COP(=O)([O-])OCC[N+](C)(C)C. The van der Waals surface area contributed by atoms with Crippen molar-refractivity contribution >= 4 is 19.8 Å². The number of quaternary nitrogens is 1. The molecule has 2 unspecified atom stereocenters. The molecule has 0 fully saturated rings. The Hall–Kier alpha value is -3.33. The van der Waals surface area contributed by atoms with E-state index in [1.165, 1.54) is 263 Å². The van der Waals surface area contributed by atoms with Crippen LogP contribution in [0.1, 0.15) is 399 Å². The highest BCUT2D eigenvalue weighted by Crippen LogP contribution is 2.38. The second-order valence-corrected chi connectivity index (χ2v) is 31.2. The summed E-state index contributed by atoms with van der Waals surface area (Å²) in [6.45, 7) is 4.17. The highest BCUT2D eigenvalue weighted by molar-refractivity contribution is 7.45. The summed E-state index contributed by atoms with van der Waals surface area (Å²) in [4.78, 5) is 38.2. The van der Waals surface area contributed by atoms with Crippen LogP contribution in [-0.2, 0) is 32.7 Å². The van der Waals surface area contributed by atoms with E-state index in [0.29, 0.717) is 17.4 Å². The van der Waals surface area contributed by atoms with Crippen LogP contribution in [-0.4, -0.2) is 70.0 Å². The summed E-state index contributed by atoms with van der Waals surface area (Å²) in [7, 11) is 1.17. The Kier molecular flexibility index (Phi) is 77.1. The summed E-state index contributed by atoms with van der Waals surface area (Å²) >= 11 is 0. The largest absolute Gasteiger partial charge is 0.756 e. The standard InChI is InChI=1S/C90H162NO8P/c1-6-8-10-12-14-16-18-20-22-24-26-28-30-32-34-36-38-40-42-44-45-47-48-50-52-54-56-58-60-62-64-66-68-70-72-74-76-78-80-82-89(92)96-86-88(87-98-100(94,95)97-85-84-91(3,4)5)99-90(93)83-81-79-77-75-73-71-69-67-65-63-61-59-57-55-53-51-49-46-43-41-39-37-35-33-31-29-27-25-23-21-19-17-15-13-11-9-7-2/h9,11,15,17,21,23,27,29,33,35,39,41,46,49,53,55,59,61,88H,6-8,10,12-14,16,18-20,22,24-26,28,30-32,34,36-38,40,42-45,47-48,50-52,54,56-58,60,62-87H2,1-5H3/b11-9-,17-15-,23-21-,29-27-,35-33-,41-39-,49-46-,55-53-,61-59-. The first kappa shape index (κ1) is 96.7. The van der Waals surface area contributed by atoms with E-state index in [4.69, 9.17) is 18.5 Å². The molecule has 0 aliphatic carbocycles. The van der Waals surface area contributed by atoms with Crippen molar-refractivity contribution in [3.8, 4) is 0 Å². The first-order chi connectivity index (χ1) is 49.0. The molecule has 0 aliphatic rings. The Morgan fingerprint density at radius 3 is 0.850 bits per heavy atom. The summed E-state index contributed by atoms with van der Waals surface area (Å²) < 4.78 is 34.4. The molecule has 0 saturated heterocycles. The maximum Gasteiger partial charge on any atom is 0.306 e. The fourth-order valence-electron chi connectivity index (χ4n) is 12.4. The molecule has 0 aromatic rings. The molecule has 0 N–H and O–H groups in total. The monoisotopic (exact) mass is 1420 g/mol. The van der Waals surface area contributed by atoms with Gasteiger partial charge in [-0.05, 0) is 83.5 Å². The third-order valence-electron chi connectivity index (χ3n) is 18.8. The minimum atomic E-state index is -4.65. The number of rotatable bonds is 79. The zero-order chi connectivity index (χ0) is 72.5. The van der Waals surface area contributed by atoms with Gasteiger partial charge in [0.2, 0.25) is 0 Å². The maximum absolute atomic E-state index is 12.9. The summed E-state index contributed by atoms with van der Waals surface area (Å²) in [6, 6.07) is 0. The Morgan fingerprint density at radius 2 is 0.570 bits per heavy atom. The lowest BCUT2D eigenvalue weighted by atomic mass is 10.0. The van der Waals surface area contributed by atoms with Crippen molar-refractivity contribution in [2.24, 2.45) is 0 Å². The smallest absolute Gasteiger partial charge is 0.306 e. The first-order valence-corrected chi connectivity index (χ1v) is 44.1. The summed E-state index contributed by atoms with van der Waals surface area (Å²) in [5, 5.41) is 0. The van der Waals surface area contributed by atoms with E-state index in [0.717, 1.165) is 103 Å². The second-order valence-electron chi connectivity index (χ2n) is 29.8. The summed E-state index contributed by atoms with van der Waals surface area (Å²) in [5.41, 5.74) is 0. The Morgan fingerprint density at radius 1 is 0.320 bits per heavy atom. The van der Waals surface area contributed by atoms with Crippen LogP contribution in [0.3, 0.4) is 0 Å². The highest BCUT2D eigenvalue weighted by Gasteiger charge is 2.22. The van der Waals surface area contributed by atoms with Crippen LogP contribution in [0.25, 0.3) is 0 Å². The number of allylic oxidation sites excluding steroid dienone is 18. The molecule has 0 saturated carbocycles. The van der Waals surface area contributed by atoms with Gasteiger partial charge in [-0.1, -0.05) is 412 Å². The molecule has 0 aliphatic heterocycles. The van der Waals surface area contributed by atoms with Crippen LogP contribution in [0.2, 0.25) is 0 Å². The van der Waals surface area contributed by atoms with Gasteiger partial charge in [0, 0.05) is 12.8 Å². The number of hydrogen-bond donors (Lipinski definition) is 0. The van der Waals surface area contributed by atoms with E-state index in [-0.39, 0.29) is 32.0 Å². The van der Waals surface area contributed by atoms with Crippen molar-refractivity contribution in [1.29, 1.82) is 0 Å². The molecular formula is C90H162NO8P. The molecule has 0 amide bonds. The lowest BCUT2D eigenvalue weighted by Gasteiger charge is -2.28. The molecule has 0 radical (unpaired) electrons. The molecule has 0 spiro atoms. The average molecular weight is 1420 g/mol. The lowest BCUT2D eigenvalue weighted by Crippen LogP contribution is -2.37. The van der Waals surface area contributed by atoms with Gasteiger partial charge < -0.3 is 27.9 Å². The van der Waals surface area contributed by atoms with Gasteiger partial charge in [0.15, 0.2) is 6.10 Å². The van der Waals surface area contributed by atoms with E-state index < -0.39 is 26.5 Å². The number of esters is 2. The van der Waals surface area contributed by atoms with Gasteiger partial charge >= 0.3 is 11.9 Å². The maximum atomic E-state index is 12.9. The first-order valence-electron chi connectivity index (χ1n) is 42.6. The zero-order valence-corrected chi connectivity index (χ0v) is 67.3. The molecule has 580 valence electrons. The number of carbonyl (C=O) groups excluding carboxylic acids is 2. The number of likely N-dealkylation sites (N-methyl/N-ethyl adjacent to an activating group) is 1. The fourth-order valence-corrected chi connectivity index (χ4v) is 13.1. The van der Waals surface area contributed by atoms with E-state index in [1.807, 2.05) is 21.1 Å². The second kappa shape index (κ2) is 79.8. The number of phosphoric acid groups is 1. The van der Waals surface area contributed by atoms with Gasteiger partial charge in [-0.25, -0.2) is 0 Å². The predicted molar refractivity (Wildman–Crippen MR) is 434 cm³/mol. The molecule has 0 bridgehead atoms. The topological polar surface area (TPSA) is 111 Å². The molecule has 10 heteroatoms. The van der Waals surface area contributed by atoms with Crippen LogP contribution in [0, 0.1) is 0 Å². The number of unbranched alkanes of at least 4 members (excludes halogenated alkanes) is 47. The van der Waals surface area contributed by atoms with E-state index in [2.05, 4.69) is 123 Å². The minimum absolute atomic E-state index is 0.0348. The zero-order valence-electron chi connectivity index (χ0n) is 66.4. The fraction of sp³-hybridized carbons (Fsp3) is 0.778. The summed E-state index contributed by atoms with van der Waals surface area (Å²) in [5.74, 6) is -0.829. The Labute approximate surface area is 620 Å². The predicted octanol–water partition coefficient (Wildman–Crippen LogP) is 28.1. The van der Waals surface area contributed by atoms with Crippen LogP contribution in [0.15, 0.2) is 109 Å². The number of phosphoric ester groups is 1. The molecule has 9 nitrogen and oxygen atoms in total. The van der Waals surface area contributed by atoms with Gasteiger partial charge in [0.1, 0.15) is 19.8 Å². The van der Waals surface area contributed by atoms with E-state index >= 15 is 0 Å². The third-order valence-corrected chi connectivity index (χ3v) is 19.8. The molecule has 0 rings (SSSR count). The third kappa shape index (κ3) is 83.6. The molecule has 0 aromatic heterocycles. The quantitative estimate of drug-likeness (QED) is 0.0195. The number of carbonyl (C=O) groups is 2. The van der Waals surface area contributed by atoms with Crippen molar-refractivity contribution in [3.05, 3.63) is 109 Å². The van der Waals surface area contributed by atoms with Crippen molar-refractivity contribution in [2.45, 2.75) is 405 Å². The molecule has 0 aromatic carbocycles. The number of nitrogens with zero attached hydrogens (tertiary/aromatic N) is 1. The number of ether oxygens (including phenoxy) is 2. The van der Waals surface area contributed by atoms with E-state index in [9.17, 15) is 19.0 Å². The van der Waals surface area contributed by atoms with Gasteiger partial charge in [0.25, 0.3) is 7.82 Å². The van der Waals surface area contributed by atoms with Crippen LogP contribution in [0.4, 0.5) is 0 Å². The molecule has 100 heavy (non-hydrogen) atoms. The van der Waals surface area contributed by atoms with Crippen molar-refractivity contribution < 1.29 is 42.1 Å². The van der Waals surface area contributed by atoms with Gasteiger partial charge in [-0.3, -0.25) is 14.2 Å². The van der Waals surface area contributed by atoms with Crippen LogP contribution < -0.4 is 4.89 Å². The van der Waals surface area contributed by atoms with Gasteiger partial charge in [-0.15, -0.1) is 0 Å². The van der Waals surface area contributed by atoms with E-state index in [1.54, 1.807) is 0 Å². The van der Waals surface area contributed by atoms with Crippen molar-refractivity contribution in [1.82, 2.24) is 0 Å². The average Bonchev–Trinajstić information content (AvgIpc) is 1.02. The van der Waals surface area contributed by atoms with Crippen LogP contribution in [0.5, 0.6) is 0 Å². The molecule has 2 atom stereocenters. The summed E-state index contributed by atoms with van der Waals surface area (Å²) in [6.07, 6.45) is 114. The Balaban J connectivity index is 3.95. The van der Waals surface area contributed by atoms with Crippen molar-refractivity contribution in [3.63, 3.8) is 0 Å². The van der Waals surface area contributed by atoms with Gasteiger partial charge in [0.05, 0.1) is 27.7 Å². The lowest BCUT2D eigenvalue weighted by molar-refractivity contribution is -0.870. The minimum Gasteiger partial charge on any atom is -0.756 e. The molecular weight excluding hydrogens is 1250 g/mol. The van der Waals surface area contributed by atoms with Crippen LogP contribution >= 0.6 is 7.82 Å². The molecule has 0 heterocycles. The van der Waals surface area contributed by atoms with Gasteiger partial charge in [-0.2, -0.15) is 0 Å².